The molecule has 1 aliphatic heterocycles. The van der Waals surface area contributed by atoms with E-state index >= 15 is 0 Å². The number of anilines is 1. The van der Waals surface area contributed by atoms with Gasteiger partial charge < -0.3 is 10.2 Å². The van der Waals surface area contributed by atoms with E-state index in [1.165, 1.54) is 19.3 Å². The first-order valence-electron chi connectivity index (χ1n) is 7.99. The topological polar surface area (TPSA) is 53.9 Å². The Balaban J connectivity index is 1.96. The maximum absolute atomic E-state index is 4.70. The predicted molar refractivity (Wildman–Crippen MR) is 82.1 cm³/mol. The van der Waals surface area contributed by atoms with Crippen LogP contribution in [0.15, 0.2) is 0 Å². The second-order valence-corrected chi connectivity index (χ2v) is 5.43. The van der Waals surface area contributed by atoms with E-state index in [0.717, 1.165) is 49.8 Å². The van der Waals surface area contributed by atoms with Gasteiger partial charge >= 0.3 is 0 Å². The molecule has 1 saturated heterocycles. The van der Waals surface area contributed by atoms with Gasteiger partial charge in [0.1, 0.15) is 0 Å². The number of aromatic nitrogens is 3. The Kier molecular flexibility index (Phi) is 5.71. The quantitative estimate of drug-likeness (QED) is 0.861. The molecule has 0 saturated carbocycles. The smallest absolute Gasteiger partial charge is 0.245 e. The highest BCUT2D eigenvalue weighted by Gasteiger charge is 2.21. The number of piperidine rings is 1. The van der Waals surface area contributed by atoms with E-state index in [9.17, 15) is 0 Å². The van der Waals surface area contributed by atoms with Crippen LogP contribution in [0.2, 0.25) is 0 Å². The first-order valence-corrected chi connectivity index (χ1v) is 7.99. The van der Waals surface area contributed by atoms with E-state index < -0.39 is 0 Å². The minimum atomic E-state index is 0.653. The Labute approximate surface area is 122 Å². The van der Waals surface area contributed by atoms with Gasteiger partial charge in [-0.15, -0.1) is 5.10 Å². The molecule has 20 heavy (non-hydrogen) atoms. The minimum Gasteiger partial charge on any atom is -0.339 e. The average molecular weight is 277 g/mol. The van der Waals surface area contributed by atoms with Crippen LogP contribution < -0.4 is 10.2 Å². The zero-order chi connectivity index (χ0) is 14.4. The summed E-state index contributed by atoms with van der Waals surface area (Å²) in [6.45, 7) is 9.62. The fraction of sp³-hybridized carbons (Fsp3) is 0.800. The Hall–Kier alpha value is -1.23. The van der Waals surface area contributed by atoms with Crippen molar-refractivity contribution in [3.05, 3.63) is 11.4 Å². The molecule has 2 heterocycles. The minimum absolute atomic E-state index is 0.653. The summed E-state index contributed by atoms with van der Waals surface area (Å²) in [5.74, 6) is 0.813. The maximum Gasteiger partial charge on any atom is 0.245 e. The van der Waals surface area contributed by atoms with Gasteiger partial charge in [0.25, 0.3) is 0 Å². The van der Waals surface area contributed by atoms with Gasteiger partial charge in [0.2, 0.25) is 5.95 Å². The lowest BCUT2D eigenvalue weighted by Crippen LogP contribution is -2.43. The van der Waals surface area contributed by atoms with Crippen LogP contribution in [-0.4, -0.2) is 40.9 Å². The number of nitrogens with zero attached hydrogens (tertiary/aromatic N) is 4. The van der Waals surface area contributed by atoms with E-state index in [2.05, 4.69) is 41.2 Å². The van der Waals surface area contributed by atoms with E-state index in [1.807, 2.05) is 0 Å². The first-order chi connectivity index (χ1) is 9.78. The van der Waals surface area contributed by atoms with Gasteiger partial charge in [-0.3, -0.25) is 0 Å². The fourth-order valence-electron chi connectivity index (χ4n) is 2.69. The van der Waals surface area contributed by atoms with Crippen molar-refractivity contribution in [3.8, 4) is 0 Å². The molecule has 0 aromatic carbocycles. The Morgan fingerprint density at radius 2 is 1.75 bits per heavy atom. The molecule has 0 aliphatic carbocycles. The number of hydrogen-bond acceptors (Lipinski definition) is 5. The van der Waals surface area contributed by atoms with E-state index in [4.69, 9.17) is 4.98 Å². The zero-order valence-corrected chi connectivity index (χ0v) is 13.0. The molecule has 0 atom stereocenters. The molecule has 0 bridgehead atoms. The molecule has 1 fully saturated rings. The molecule has 5 nitrogen and oxygen atoms in total. The van der Waals surface area contributed by atoms with Gasteiger partial charge in [0, 0.05) is 19.1 Å². The van der Waals surface area contributed by atoms with Crippen LogP contribution in [0.4, 0.5) is 5.95 Å². The number of nitrogens with one attached hydrogen (secondary N) is 1. The second kappa shape index (κ2) is 7.53. The molecule has 1 aliphatic rings. The molecule has 1 aromatic rings. The summed E-state index contributed by atoms with van der Waals surface area (Å²) in [5, 5.41) is 12.3. The number of rotatable bonds is 6. The van der Waals surface area contributed by atoms with Crippen molar-refractivity contribution in [2.75, 3.05) is 24.5 Å². The predicted octanol–water partition coefficient (Wildman–Crippen LogP) is 1.96. The van der Waals surface area contributed by atoms with Crippen molar-refractivity contribution in [3.63, 3.8) is 0 Å². The van der Waals surface area contributed by atoms with Crippen LogP contribution in [0, 0.1) is 0 Å². The van der Waals surface area contributed by atoms with Gasteiger partial charge in [-0.25, -0.2) is 4.98 Å². The zero-order valence-electron chi connectivity index (χ0n) is 13.0. The third-order valence-corrected chi connectivity index (χ3v) is 3.96. The summed E-state index contributed by atoms with van der Waals surface area (Å²) in [5.41, 5.74) is 2.14. The third kappa shape index (κ3) is 3.66. The van der Waals surface area contributed by atoms with Crippen LogP contribution in [0.25, 0.3) is 0 Å². The van der Waals surface area contributed by atoms with Crippen molar-refractivity contribution >= 4 is 5.95 Å². The third-order valence-electron chi connectivity index (χ3n) is 3.96. The average Bonchev–Trinajstić information content (AvgIpc) is 2.52. The Morgan fingerprint density at radius 1 is 1.05 bits per heavy atom. The molecule has 0 amide bonds. The monoisotopic (exact) mass is 277 g/mol. The molecule has 0 spiro atoms. The normalized spacial score (nSPS) is 16.6. The SMILES string of the molecule is CCCNC1CCN(c2nnc(CC)c(CC)n2)CC1. The highest BCUT2D eigenvalue weighted by molar-refractivity contribution is 5.31. The number of hydrogen-bond donors (Lipinski definition) is 1. The summed E-state index contributed by atoms with van der Waals surface area (Å²) in [6, 6.07) is 0.653. The van der Waals surface area contributed by atoms with Crippen LogP contribution in [0.3, 0.4) is 0 Å². The van der Waals surface area contributed by atoms with Gasteiger partial charge in [-0.1, -0.05) is 20.8 Å². The molecule has 1 N–H and O–H groups in total. The summed E-state index contributed by atoms with van der Waals surface area (Å²) in [4.78, 5) is 6.98. The molecular formula is C15H27N5. The summed E-state index contributed by atoms with van der Waals surface area (Å²) < 4.78 is 0. The van der Waals surface area contributed by atoms with Crippen molar-refractivity contribution in [1.29, 1.82) is 0 Å². The summed E-state index contributed by atoms with van der Waals surface area (Å²) >= 11 is 0. The maximum atomic E-state index is 4.70. The molecule has 1 aromatic heterocycles. The van der Waals surface area contributed by atoms with Gasteiger partial charge in [-0.05, 0) is 38.6 Å². The first kappa shape index (κ1) is 15.2. The van der Waals surface area contributed by atoms with Gasteiger partial charge in [0.15, 0.2) is 0 Å². The van der Waals surface area contributed by atoms with Gasteiger partial charge in [0.05, 0.1) is 11.4 Å². The van der Waals surface area contributed by atoms with Crippen molar-refractivity contribution < 1.29 is 0 Å². The fourth-order valence-corrected chi connectivity index (χ4v) is 2.69. The van der Waals surface area contributed by atoms with E-state index in [0.29, 0.717) is 6.04 Å². The largest absolute Gasteiger partial charge is 0.339 e. The van der Waals surface area contributed by atoms with Crippen LogP contribution in [-0.2, 0) is 12.8 Å². The van der Waals surface area contributed by atoms with Crippen LogP contribution in [0.5, 0.6) is 0 Å². The van der Waals surface area contributed by atoms with Crippen LogP contribution >= 0.6 is 0 Å². The Morgan fingerprint density at radius 3 is 2.35 bits per heavy atom. The summed E-state index contributed by atoms with van der Waals surface area (Å²) in [7, 11) is 0. The van der Waals surface area contributed by atoms with Crippen molar-refractivity contribution in [1.82, 2.24) is 20.5 Å². The lowest BCUT2D eigenvalue weighted by atomic mass is 10.1. The van der Waals surface area contributed by atoms with Gasteiger partial charge in [-0.2, -0.15) is 5.10 Å². The highest BCUT2D eigenvalue weighted by atomic mass is 15.3. The lowest BCUT2D eigenvalue weighted by Gasteiger charge is -2.32. The standard InChI is InChI=1S/C15H27N5/c1-4-9-16-12-7-10-20(11-8-12)15-17-13(5-2)14(6-3)18-19-15/h12,16H,4-11H2,1-3H3. The molecule has 2 rings (SSSR count). The molecule has 5 heteroatoms. The molecule has 112 valence electrons. The van der Waals surface area contributed by atoms with Crippen LogP contribution in [0.1, 0.15) is 51.4 Å². The van der Waals surface area contributed by atoms with E-state index in [-0.39, 0.29) is 0 Å². The molecule has 0 radical (unpaired) electrons. The van der Waals surface area contributed by atoms with Crippen molar-refractivity contribution in [2.45, 2.75) is 58.9 Å². The van der Waals surface area contributed by atoms with E-state index in [1.54, 1.807) is 0 Å². The molecular weight excluding hydrogens is 250 g/mol. The summed E-state index contributed by atoms with van der Waals surface area (Å²) in [6.07, 6.45) is 5.37. The lowest BCUT2D eigenvalue weighted by molar-refractivity contribution is 0.412. The second-order valence-electron chi connectivity index (χ2n) is 5.43. The highest BCUT2D eigenvalue weighted by Crippen LogP contribution is 2.17. The Bertz CT molecular complexity index is 413. The van der Waals surface area contributed by atoms with Crippen molar-refractivity contribution in [2.24, 2.45) is 0 Å². The molecule has 0 unspecified atom stereocenters. The number of aryl methyl sites for hydroxylation is 2.